The molecule has 0 amide bonds. The molecule has 1 atom stereocenters. The summed E-state index contributed by atoms with van der Waals surface area (Å²) in [5.74, 6) is -0.191. The van der Waals surface area contributed by atoms with E-state index in [4.69, 9.17) is 4.74 Å². The zero-order valence-electron chi connectivity index (χ0n) is 9.51. The lowest BCUT2D eigenvalue weighted by molar-refractivity contribution is 0.167. The van der Waals surface area contributed by atoms with Gasteiger partial charge in [0.25, 0.3) is 0 Å². The van der Waals surface area contributed by atoms with E-state index in [1.807, 2.05) is 19.9 Å². The lowest BCUT2D eigenvalue weighted by Crippen LogP contribution is -2.25. The molecular formula is C12H18FNO. The first kappa shape index (κ1) is 12.1. The number of aryl methyl sites for hydroxylation is 1. The predicted octanol–water partition coefficient (Wildman–Crippen LogP) is 2.43. The van der Waals surface area contributed by atoms with Crippen molar-refractivity contribution in [2.75, 3.05) is 20.3 Å². The Hall–Kier alpha value is -0.930. The van der Waals surface area contributed by atoms with Crippen LogP contribution in [0.25, 0.3) is 0 Å². The second-order valence-electron chi connectivity index (χ2n) is 3.57. The Balaban J connectivity index is 2.89. The second kappa shape index (κ2) is 5.83. The van der Waals surface area contributed by atoms with Gasteiger partial charge in [0, 0.05) is 7.11 Å². The van der Waals surface area contributed by atoms with E-state index >= 15 is 0 Å². The summed E-state index contributed by atoms with van der Waals surface area (Å²) in [4.78, 5) is 0. The van der Waals surface area contributed by atoms with Crippen molar-refractivity contribution in [3.63, 3.8) is 0 Å². The molecule has 0 aromatic heterocycles. The Morgan fingerprint density at radius 2 is 2.20 bits per heavy atom. The average molecular weight is 211 g/mol. The molecule has 1 N–H and O–H groups in total. The van der Waals surface area contributed by atoms with Gasteiger partial charge in [0.1, 0.15) is 5.82 Å². The largest absolute Gasteiger partial charge is 0.383 e. The number of hydrogen-bond acceptors (Lipinski definition) is 2. The van der Waals surface area contributed by atoms with Crippen molar-refractivity contribution >= 4 is 0 Å². The fourth-order valence-corrected chi connectivity index (χ4v) is 1.70. The fraction of sp³-hybridized carbons (Fsp3) is 0.500. The van der Waals surface area contributed by atoms with Crippen LogP contribution in [0.1, 0.15) is 24.1 Å². The second-order valence-corrected chi connectivity index (χ2v) is 3.57. The maximum absolute atomic E-state index is 12.9. The molecular weight excluding hydrogens is 193 g/mol. The molecule has 0 saturated carbocycles. The van der Waals surface area contributed by atoms with Crippen molar-refractivity contribution in [2.45, 2.75) is 19.9 Å². The highest BCUT2D eigenvalue weighted by Gasteiger charge is 2.12. The number of nitrogens with one attached hydrogen (secondary N) is 1. The molecule has 0 bridgehead atoms. The Kier molecular flexibility index (Phi) is 4.72. The fourth-order valence-electron chi connectivity index (χ4n) is 1.70. The van der Waals surface area contributed by atoms with Crippen LogP contribution in [-0.4, -0.2) is 20.3 Å². The van der Waals surface area contributed by atoms with Crippen LogP contribution in [0.5, 0.6) is 0 Å². The van der Waals surface area contributed by atoms with Gasteiger partial charge in [-0.25, -0.2) is 4.39 Å². The lowest BCUT2D eigenvalue weighted by Gasteiger charge is -2.19. The monoisotopic (exact) mass is 211 g/mol. The molecule has 0 aliphatic carbocycles. The van der Waals surface area contributed by atoms with E-state index in [-0.39, 0.29) is 11.9 Å². The summed E-state index contributed by atoms with van der Waals surface area (Å²) in [6.07, 6.45) is 0. The molecule has 1 rings (SSSR count). The highest BCUT2D eigenvalue weighted by Crippen LogP contribution is 2.18. The molecule has 15 heavy (non-hydrogen) atoms. The van der Waals surface area contributed by atoms with Gasteiger partial charge >= 0.3 is 0 Å². The van der Waals surface area contributed by atoms with Gasteiger partial charge in [-0.3, -0.25) is 0 Å². The summed E-state index contributed by atoms with van der Waals surface area (Å²) < 4.78 is 18.1. The maximum Gasteiger partial charge on any atom is 0.123 e. The van der Waals surface area contributed by atoms with Crippen molar-refractivity contribution in [1.82, 2.24) is 5.32 Å². The standard InChI is InChI=1S/C12H18FNO/c1-4-14-12(8-15-3)11-6-5-10(13)7-9(11)2/h5-7,12,14H,4,8H2,1-3H3. The molecule has 0 saturated heterocycles. The van der Waals surface area contributed by atoms with Gasteiger partial charge in [-0.1, -0.05) is 13.0 Å². The van der Waals surface area contributed by atoms with Crippen LogP contribution in [0.2, 0.25) is 0 Å². The summed E-state index contributed by atoms with van der Waals surface area (Å²) >= 11 is 0. The van der Waals surface area contributed by atoms with Gasteiger partial charge in [-0.05, 0) is 36.7 Å². The van der Waals surface area contributed by atoms with Crippen LogP contribution in [0.4, 0.5) is 4.39 Å². The van der Waals surface area contributed by atoms with Crippen LogP contribution in [0.15, 0.2) is 18.2 Å². The molecule has 0 heterocycles. The normalized spacial score (nSPS) is 12.8. The molecule has 0 aliphatic rings. The number of likely N-dealkylation sites (N-methyl/N-ethyl adjacent to an activating group) is 1. The smallest absolute Gasteiger partial charge is 0.123 e. The third-order valence-electron chi connectivity index (χ3n) is 2.39. The van der Waals surface area contributed by atoms with Crippen LogP contribution in [0.3, 0.4) is 0 Å². The Bertz CT molecular complexity index is 308. The van der Waals surface area contributed by atoms with E-state index in [0.717, 1.165) is 17.7 Å². The summed E-state index contributed by atoms with van der Waals surface area (Å²) in [5.41, 5.74) is 2.05. The van der Waals surface area contributed by atoms with Crippen LogP contribution >= 0.6 is 0 Å². The highest BCUT2D eigenvalue weighted by molar-refractivity contribution is 5.29. The van der Waals surface area contributed by atoms with Gasteiger partial charge in [-0.15, -0.1) is 0 Å². The average Bonchev–Trinajstić information content (AvgIpc) is 2.17. The molecule has 1 aromatic carbocycles. The number of benzene rings is 1. The summed E-state index contributed by atoms with van der Waals surface area (Å²) in [6, 6.07) is 5.00. The summed E-state index contributed by atoms with van der Waals surface area (Å²) in [7, 11) is 1.67. The number of methoxy groups -OCH3 is 1. The highest BCUT2D eigenvalue weighted by atomic mass is 19.1. The van der Waals surface area contributed by atoms with Gasteiger partial charge in [0.15, 0.2) is 0 Å². The van der Waals surface area contributed by atoms with E-state index in [1.54, 1.807) is 13.2 Å². The first-order valence-corrected chi connectivity index (χ1v) is 5.17. The minimum atomic E-state index is -0.191. The van der Waals surface area contributed by atoms with Crippen molar-refractivity contribution in [3.05, 3.63) is 35.1 Å². The zero-order valence-corrected chi connectivity index (χ0v) is 9.51. The van der Waals surface area contributed by atoms with Crippen LogP contribution in [-0.2, 0) is 4.74 Å². The summed E-state index contributed by atoms with van der Waals surface area (Å²) in [5, 5.41) is 3.31. The van der Waals surface area contributed by atoms with E-state index in [2.05, 4.69) is 5.32 Å². The minimum Gasteiger partial charge on any atom is -0.383 e. The molecule has 0 radical (unpaired) electrons. The van der Waals surface area contributed by atoms with E-state index < -0.39 is 0 Å². The quantitative estimate of drug-likeness (QED) is 0.807. The van der Waals surface area contributed by atoms with Crippen molar-refractivity contribution in [2.24, 2.45) is 0 Å². The molecule has 84 valence electrons. The zero-order chi connectivity index (χ0) is 11.3. The SMILES string of the molecule is CCNC(COC)c1ccc(F)cc1C. The molecule has 0 aliphatic heterocycles. The number of ether oxygens (including phenoxy) is 1. The molecule has 1 aromatic rings. The van der Waals surface area contributed by atoms with Gasteiger partial charge in [-0.2, -0.15) is 0 Å². The van der Waals surface area contributed by atoms with Crippen molar-refractivity contribution in [1.29, 1.82) is 0 Å². The first-order valence-electron chi connectivity index (χ1n) is 5.17. The molecule has 0 fully saturated rings. The van der Waals surface area contributed by atoms with Crippen LogP contribution in [0, 0.1) is 12.7 Å². The van der Waals surface area contributed by atoms with Crippen molar-refractivity contribution in [3.8, 4) is 0 Å². The topological polar surface area (TPSA) is 21.3 Å². The van der Waals surface area contributed by atoms with E-state index in [9.17, 15) is 4.39 Å². The van der Waals surface area contributed by atoms with E-state index in [1.165, 1.54) is 6.07 Å². The maximum atomic E-state index is 12.9. The Morgan fingerprint density at radius 1 is 1.47 bits per heavy atom. The number of hydrogen-bond donors (Lipinski definition) is 1. The molecule has 3 heteroatoms. The minimum absolute atomic E-state index is 0.139. The van der Waals surface area contributed by atoms with E-state index in [0.29, 0.717) is 6.61 Å². The third kappa shape index (κ3) is 3.29. The van der Waals surface area contributed by atoms with Crippen molar-refractivity contribution < 1.29 is 9.13 Å². The number of halogens is 1. The molecule has 0 spiro atoms. The molecule has 1 unspecified atom stereocenters. The Labute approximate surface area is 90.4 Å². The Morgan fingerprint density at radius 3 is 2.73 bits per heavy atom. The lowest BCUT2D eigenvalue weighted by atomic mass is 10.0. The summed E-state index contributed by atoms with van der Waals surface area (Å²) in [6.45, 7) is 5.42. The number of rotatable bonds is 5. The third-order valence-corrected chi connectivity index (χ3v) is 2.39. The van der Waals surface area contributed by atoms with Gasteiger partial charge in [0.05, 0.1) is 12.6 Å². The van der Waals surface area contributed by atoms with Gasteiger partial charge < -0.3 is 10.1 Å². The van der Waals surface area contributed by atoms with Crippen LogP contribution < -0.4 is 5.32 Å². The predicted molar refractivity (Wildman–Crippen MR) is 59.4 cm³/mol. The van der Waals surface area contributed by atoms with Gasteiger partial charge in [0.2, 0.25) is 0 Å². The molecule has 2 nitrogen and oxygen atoms in total. The first-order chi connectivity index (χ1) is 7.19.